The molecule has 28 heavy (non-hydrogen) atoms. The summed E-state index contributed by atoms with van der Waals surface area (Å²) in [5.41, 5.74) is 1.54. The minimum atomic E-state index is -0.236. The molecule has 0 heterocycles. The Labute approximate surface area is 170 Å². The van der Waals surface area contributed by atoms with Crippen LogP contribution in [0.1, 0.15) is 78.4 Å². The number of hydrogen-bond acceptors (Lipinski definition) is 3. The van der Waals surface area contributed by atoms with Crippen molar-refractivity contribution in [3.63, 3.8) is 0 Å². The summed E-state index contributed by atoms with van der Waals surface area (Å²) in [6.45, 7) is 16.1. The molecular formula is C25H34O3. The number of carbonyl (C=O) groups excluding carboxylic acids is 1. The summed E-state index contributed by atoms with van der Waals surface area (Å²) in [5.74, 6) is 1.49. The average Bonchev–Trinajstić information content (AvgIpc) is 2.58. The Morgan fingerprint density at radius 1 is 0.643 bits per heavy atom. The zero-order valence-corrected chi connectivity index (χ0v) is 18.5. The topological polar surface area (TPSA) is 35.5 Å². The number of carbonyl (C=O) groups is 1. The van der Waals surface area contributed by atoms with Crippen molar-refractivity contribution < 1.29 is 14.3 Å². The molecule has 0 bridgehead atoms. The molecular weight excluding hydrogens is 348 g/mol. The van der Waals surface area contributed by atoms with Crippen molar-refractivity contribution in [3.8, 4) is 11.5 Å². The molecule has 0 radical (unpaired) electrons. The molecule has 2 aromatic rings. The van der Waals surface area contributed by atoms with E-state index in [4.69, 9.17) is 9.47 Å². The first-order chi connectivity index (χ1) is 12.9. The first-order valence-electron chi connectivity index (χ1n) is 9.97. The average molecular weight is 383 g/mol. The zero-order chi connectivity index (χ0) is 21.1. The molecule has 0 aromatic heterocycles. The highest BCUT2D eigenvalue weighted by Crippen LogP contribution is 2.29. The van der Waals surface area contributed by atoms with Gasteiger partial charge in [0.05, 0.1) is 0 Å². The molecule has 0 aliphatic heterocycles. The summed E-state index contributed by atoms with van der Waals surface area (Å²) in [7, 11) is 0. The summed E-state index contributed by atoms with van der Waals surface area (Å²) in [5, 5.41) is 0. The van der Waals surface area contributed by atoms with Crippen LogP contribution in [0.2, 0.25) is 0 Å². The third-order valence-electron chi connectivity index (χ3n) is 4.46. The molecule has 0 spiro atoms. The Morgan fingerprint density at radius 2 is 0.929 bits per heavy atom. The first kappa shape index (κ1) is 22.0. The highest BCUT2D eigenvalue weighted by molar-refractivity contribution is 5.91. The summed E-state index contributed by atoms with van der Waals surface area (Å²) in [6, 6.07) is 15.7. The lowest BCUT2D eigenvalue weighted by Crippen LogP contribution is -2.23. The molecule has 2 rings (SSSR count). The van der Waals surface area contributed by atoms with Gasteiger partial charge in [0.1, 0.15) is 28.5 Å². The summed E-state index contributed by atoms with van der Waals surface area (Å²) < 4.78 is 11.7. The van der Waals surface area contributed by atoms with Crippen LogP contribution in [0.3, 0.4) is 0 Å². The second-order valence-corrected chi connectivity index (χ2v) is 9.41. The minimum Gasteiger partial charge on any atom is -0.488 e. The normalized spacial score (nSPS) is 14.3. The molecule has 2 aromatic carbocycles. The van der Waals surface area contributed by atoms with Crippen LogP contribution in [-0.2, 0) is 4.79 Å². The highest BCUT2D eigenvalue weighted by Gasteiger charge is 2.23. The maximum Gasteiger partial charge on any atom is 0.147 e. The molecule has 3 nitrogen and oxygen atoms in total. The standard InChI is InChI=1S/C25H34O3/c1-17(19-9-13-21(14-10-19)27-24(3,4)5)23(26)18(2)20-11-15-22(16-12-20)28-25(6,7)8/h9-18H,1-8H3. The van der Waals surface area contributed by atoms with E-state index in [2.05, 4.69) is 0 Å². The summed E-state index contributed by atoms with van der Waals surface area (Å²) in [6.07, 6.45) is 0. The third kappa shape index (κ3) is 6.40. The molecule has 2 atom stereocenters. The van der Waals surface area contributed by atoms with Crippen LogP contribution in [0, 0.1) is 0 Å². The lowest BCUT2D eigenvalue weighted by atomic mass is 9.86. The molecule has 152 valence electrons. The predicted octanol–water partition coefficient (Wildman–Crippen LogP) is 6.52. The highest BCUT2D eigenvalue weighted by atomic mass is 16.5. The molecule has 0 saturated heterocycles. The predicted molar refractivity (Wildman–Crippen MR) is 115 cm³/mol. The van der Waals surface area contributed by atoms with Gasteiger partial charge < -0.3 is 9.47 Å². The summed E-state index contributed by atoms with van der Waals surface area (Å²) >= 11 is 0. The Bertz CT molecular complexity index is 707. The maximum atomic E-state index is 13.0. The number of ether oxygens (including phenoxy) is 2. The van der Waals surface area contributed by atoms with Crippen LogP contribution in [0.25, 0.3) is 0 Å². The van der Waals surface area contributed by atoms with Crippen LogP contribution >= 0.6 is 0 Å². The van der Waals surface area contributed by atoms with E-state index in [0.717, 1.165) is 22.6 Å². The molecule has 0 N–H and O–H groups in total. The lowest BCUT2D eigenvalue weighted by molar-refractivity contribution is -0.121. The van der Waals surface area contributed by atoms with E-state index in [0.29, 0.717) is 0 Å². The van der Waals surface area contributed by atoms with Crippen LogP contribution in [0.4, 0.5) is 0 Å². The maximum absolute atomic E-state index is 13.0. The number of hydrogen-bond donors (Lipinski definition) is 0. The fourth-order valence-corrected chi connectivity index (χ4v) is 3.06. The van der Waals surface area contributed by atoms with Gasteiger partial charge in [0.25, 0.3) is 0 Å². The van der Waals surface area contributed by atoms with Crippen LogP contribution < -0.4 is 9.47 Å². The van der Waals surface area contributed by atoms with Crippen molar-refractivity contribution in [2.45, 2.75) is 78.4 Å². The van der Waals surface area contributed by atoms with Gasteiger partial charge in [0.2, 0.25) is 0 Å². The molecule has 0 fully saturated rings. The molecule has 0 saturated carbocycles. The van der Waals surface area contributed by atoms with E-state index in [1.807, 2.05) is 104 Å². The van der Waals surface area contributed by atoms with Gasteiger partial charge in [-0.1, -0.05) is 38.1 Å². The van der Waals surface area contributed by atoms with Crippen molar-refractivity contribution in [3.05, 3.63) is 59.7 Å². The van der Waals surface area contributed by atoms with Crippen molar-refractivity contribution in [2.75, 3.05) is 0 Å². The zero-order valence-electron chi connectivity index (χ0n) is 18.5. The number of rotatable bonds is 6. The van der Waals surface area contributed by atoms with E-state index in [9.17, 15) is 4.79 Å². The van der Waals surface area contributed by atoms with Gasteiger partial charge in [-0.15, -0.1) is 0 Å². The first-order valence-corrected chi connectivity index (χ1v) is 9.97. The second-order valence-electron chi connectivity index (χ2n) is 9.41. The molecule has 0 amide bonds. The number of benzene rings is 2. The van der Waals surface area contributed by atoms with Gasteiger partial charge in [-0.3, -0.25) is 4.79 Å². The van der Waals surface area contributed by atoms with E-state index in [1.165, 1.54) is 0 Å². The second kappa shape index (κ2) is 8.38. The van der Waals surface area contributed by atoms with Crippen molar-refractivity contribution >= 4 is 5.78 Å². The minimum absolute atomic E-state index is 0.177. The van der Waals surface area contributed by atoms with E-state index >= 15 is 0 Å². The molecule has 2 unspecified atom stereocenters. The Balaban J connectivity index is 2.07. The smallest absolute Gasteiger partial charge is 0.147 e. The van der Waals surface area contributed by atoms with Crippen molar-refractivity contribution in [1.82, 2.24) is 0 Å². The monoisotopic (exact) mass is 382 g/mol. The van der Waals surface area contributed by atoms with Gasteiger partial charge >= 0.3 is 0 Å². The molecule has 0 aliphatic rings. The van der Waals surface area contributed by atoms with Crippen LogP contribution in [0.15, 0.2) is 48.5 Å². The fraction of sp³-hybridized carbons (Fsp3) is 0.480. The SMILES string of the molecule is CC(C(=O)C(C)c1ccc(OC(C)(C)C)cc1)c1ccc(OC(C)(C)C)cc1. The number of Topliss-reactive ketones (excluding diaryl/α,β-unsaturated/α-hetero) is 1. The van der Waals surface area contributed by atoms with Gasteiger partial charge in [-0.25, -0.2) is 0 Å². The lowest BCUT2D eigenvalue weighted by Gasteiger charge is -2.23. The quantitative estimate of drug-likeness (QED) is 0.571. The van der Waals surface area contributed by atoms with Crippen LogP contribution in [0.5, 0.6) is 11.5 Å². The Morgan fingerprint density at radius 3 is 1.18 bits per heavy atom. The molecule has 3 heteroatoms. The fourth-order valence-electron chi connectivity index (χ4n) is 3.06. The Kier molecular flexibility index (Phi) is 6.59. The van der Waals surface area contributed by atoms with Crippen LogP contribution in [-0.4, -0.2) is 17.0 Å². The van der Waals surface area contributed by atoms with Gasteiger partial charge in [0.15, 0.2) is 0 Å². The van der Waals surface area contributed by atoms with Gasteiger partial charge in [-0.05, 0) is 76.9 Å². The van der Waals surface area contributed by atoms with E-state index in [-0.39, 0.29) is 28.8 Å². The van der Waals surface area contributed by atoms with Gasteiger partial charge in [0, 0.05) is 11.8 Å². The van der Waals surface area contributed by atoms with Gasteiger partial charge in [-0.2, -0.15) is 0 Å². The Hall–Kier alpha value is -2.29. The van der Waals surface area contributed by atoms with E-state index < -0.39 is 0 Å². The third-order valence-corrected chi connectivity index (χ3v) is 4.46. The number of ketones is 1. The van der Waals surface area contributed by atoms with Crippen molar-refractivity contribution in [1.29, 1.82) is 0 Å². The van der Waals surface area contributed by atoms with Crippen molar-refractivity contribution in [2.24, 2.45) is 0 Å². The van der Waals surface area contributed by atoms with E-state index in [1.54, 1.807) is 0 Å². The molecule has 0 aliphatic carbocycles. The largest absolute Gasteiger partial charge is 0.488 e. The summed E-state index contributed by atoms with van der Waals surface area (Å²) in [4.78, 5) is 13.0.